The fraction of sp³-hybridized carbons (Fsp3) is 0.738. The van der Waals surface area contributed by atoms with Crippen molar-refractivity contribution in [1.29, 1.82) is 0 Å². The van der Waals surface area contributed by atoms with Crippen molar-refractivity contribution in [3.63, 3.8) is 0 Å². The molecule has 6 rings (SSSR count). The molecule has 1 aromatic carbocycles. The molecule has 1 saturated carbocycles. The van der Waals surface area contributed by atoms with E-state index in [4.69, 9.17) is 28.5 Å². The van der Waals surface area contributed by atoms with Crippen LogP contribution < -0.4 is 10.6 Å². The number of amides is 2. The molecule has 2 amide bonds. The number of carbonyl (C=O) groups is 3. The average Bonchev–Trinajstić information content (AvgIpc) is 3.79. The van der Waals surface area contributed by atoms with Crippen molar-refractivity contribution < 1.29 is 73.5 Å². The minimum atomic E-state index is -1.64. The van der Waals surface area contributed by atoms with Crippen molar-refractivity contribution in [1.82, 2.24) is 15.7 Å². The summed E-state index contributed by atoms with van der Waals surface area (Å²) in [5.41, 5.74) is -0.264. The highest BCUT2D eigenvalue weighted by molar-refractivity contribution is 5.96. The Balaban J connectivity index is 1.29. The van der Waals surface area contributed by atoms with Crippen LogP contribution in [0.5, 0.6) is 0 Å². The molecule has 4 heterocycles. The monoisotopic (exact) mass is 849 g/mol. The van der Waals surface area contributed by atoms with E-state index in [0.29, 0.717) is 24.0 Å². The second kappa shape index (κ2) is 20.4. The Morgan fingerprint density at radius 2 is 1.70 bits per heavy atom. The summed E-state index contributed by atoms with van der Waals surface area (Å²) in [6.07, 6.45) is -1.74. The number of ether oxygens (including phenoxy) is 5. The van der Waals surface area contributed by atoms with E-state index in [9.17, 15) is 45.0 Å². The van der Waals surface area contributed by atoms with Gasteiger partial charge in [0.15, 0.2) is 18.1 Å². The molecule has 8 N–H and O–H groups in total. The number of aliphatic hydroxyl groups excluding tert-OH is 6. The highest BCUT2D eigenvalue weighted by Gasteiger charge is 2.76. The fourth-order valence-electron chi connectivity index (χ4n) is 9.21. The standard InChI is InChI=1S/C42H63N3O15/c1-4-6-10-16-41(17-11-7-5-2)58-33-27-21-42(40(54)44-29(24(3)48)37(52)43-18-19-46)35(38(53)56-27)45(60-36(42)34(33)59-41)22-26-14-9-8-13-25(26)15-12-20-55-39-32(51)31(50)30(49)28(23-47)57-39/h8-9,12-15,24,27-36,39,46-51H,4-7,10-11,16-23H2,1-3H3,(H,43,52)(H,44,54)/t24-,27?,28+,29+,30-,31-,32+,33-,34-,35-,36+,39-,42?/m0/s1. The van der Waals surface area contributed by atoms with Crippen molar-refractivity contribution in [2.24, 2.45) is 5.41 Å². The van der Waals surface area contributed by atoms with Gasteiger partial charge in [0.25, 0.3) is 0 Å². The van der Waals surface area contributed by atoms with Crippen LogP contribution in [0.25, 0.3) is 6.08 Å². The zero-order valence-corrected chi connectivity index (χ0v) is 34.6. The number of aliphatic hydroxyl groups is 6. The molecule has 4 saturated heterocycles. The Morgan fingerprint density at radius 3 is 2.37 bits per heavy atom. The first-order valence-electron chi connectivity index (χ1n) is 21.4. The Labute approximate surface area is 350 Å². The van der Waals surface area contributed by atoms with Gasteiger partial charge in [-0.25, -0.2) is 0 Å². The molecular formula is C42H63N3O15. The van der Waals surface area contributed by atoms with Crippen LogP contribution in [-0.4, -0.2) is 159 Å². The van der Waals surface area contributed by atoms with Crippen LogP contribution in [0.1, 0.15) is 89.7 Å². The largest absolute Gasteiger partial charge is 0.458 e. The zero-order chi connectivity index (χ0) is 43.2. The summed E-state index contributed by atoms with van der Waals surface area (Å²) < 4.78 is 31.0. The lowest BCUT2D eigenvalue weighted by Crippen LogP contribution is -2.71. The van der Waals surface area contributed by atoms with Gasteiger partial charge in [0.05, 0.1) is 32.5 Å². The smallest absolute Gasteiger partial charge is 0.327 e. The molecule has 1 aliphatic carbocycles. The number of hydrogen-bond donors (Lipinski definition) is 8. The van der Waals surface area contributed by atoms with Crippen LogP contribution in [0.4, 0.5) is 0 Å². The van der Waals surface area contributed by atoms with Crippen molar-refractivity contribution in [3.8, 4) is 0 Å². The van der Waals surface area contributed by atoms with Crippen LogP contribution >= 0.6 is 0 Å². The number of unbranched alkanes of at least 4 members (excludes halogenated alkanes) is 4. The topological polar surface area (TPSA) is 255 Å². The number of benzene rings is 1. The number of fused-ring (bicyclic) bond motifs is 4. The first-order chi connectivity index (χ1) is 28.8. The lowest BCUT2D eigenvalue weighted by Gasteiger charge is -2.49. The summed E-state index contributed by atoms with van der Waals surface area (Å²) in [4.78, 5) is 49.1. The second-order valence-corrected chi connectivity index (χ2v) is 16.6. The molecule has 13 atom stereocenters. The van der Waals surface area contributed by atoms with E-state index in [0.717, 1.165) is 38.5 Å². The average molecular weight is 850 g/mol. The number of nitrogens with one attached hydrogen (secondary N) is 2. The molecule has 18 heteroatoms. The maximum absolute atomic E-state index is 14.9. The summed E-state index contributed by atoms with van der Waals surface area (Å²) >= 11 is 0. The summed E-state index contributed by atoms with van der Waals surface area (Å²) in [7, 11) is 0. The van der Waals surface area contributed by atoms with Gasteiger partial charge in [-0.1, -0.05) is 75.9 Å². The maximum atomic E-state index is 14.9. The van der Waals surface area contributed by atoms with E-state index < -0.39 is 109 Å². The number of esters is 1. The van der Waals surface area contributed by atoms with Gasteiger partial charge in [0.1, 0.15) is 60.3 Å². The number of hydrogen-bond acceptors (Lipinski definition) is 16. The molecule has 2 bridgehead atoms. The normalized spacial score (nSPS) is 34.2. The van der Waals surface area contributed by atoms with Crippen LogP contribution in [0, 0.1) is 5.41 Å². The lowest BCUT2D eigenvalue weighted by molar-refractivity contribution is -0.298. The number of hydroxylamine groups is 2. The molecule has 5 fully saturated rings. The van der Waals surface area contributed by atoms with Crippen molar-refractivity contribution in [3.05, 3.63) is 41.5 Å². The van der Waals surface area contributed by atoms with Gasteiger partial charge in [0.2, 0.25) is 11.8 Å². The summed E-state index contributed by atoms with van der Waals surface area (Å²) in [6.45, 7) is 4.46. The third-order valence-electron chi connectivity index (χ3n) is 12.3. The van der Waals surface area contributed by atoms with Crippen molar-refractivity contribution in [2.75, 3.05) is 26.4 Å². The number of rotatable bonds is 21. The van der Waals surface area contributed by atoms with E-state index in [1.165, 1.54) is 12.0 Å². The lowest BCUT2D eigenvalue weighted by atomic mass is 9.62. The number of nitrogens with zero attached hydrogens (tertiary/aromatic N) is 1. The van der Waals surface area contributed by atoms with Crippen molar-refractivity contribution in [2.45, 2.75) is 164 Å². The molecule has 0 radical (unpaired) electrons. The molecule has 4 aliphatic heterocycles. The molecular weight excluding hydrogens is 786 g/mol. The van der Waals surface area contributed by atoms with Gasteiger partial charge in [-0.2, -0.15) is 5.06 Å². The first kappa shape index (κ1) is 46.4. The quantitative estimate of drug-likeness (QED) is 0.0595. The highest BCUT2D eigenvalue weighted by Crippen LogP contribution is 2.58. The zero-order valence-electron chi connectivity index (χ0n) is 34.6. The Bertz CT molecular complexity index is 1640. The SMILES string of the molecule is CCCCCC1(CCCCC)O[C@@H]2[C@H]3ON(Cc4ccccc4C=CCO[C@H]4O[C@H](CO)[C@H](O)[C@H](O)[C@H]4O)[C@H]4C(=O)OC(CC34C(=O)N[C@@H](C(=O)NCCO)[C@H](C)O)[C@@H]2O1. The molecule has 2 unspecified atom stereocenters. The predicted molar refractivity (Wildman–Crippen MR) is 211 cm³/mol. The van der Waals surface area contributed by atoms with Crippen LogP contribution in [0.2, 0.25) is 0 Å². The van der Waals surface area contributed by atoms with E-state index in [-0.39, 0.29) is 32.7 Å². The maximum Gasteiger partial charge on any atom is 0.327 e. The van der Waals surface area contributed by atoms with E-state index >= 15 is 0 Å². The molecule has 60 heavy (non-hydrogen) atoms. The summed E-state index contributed by atoms with van der Waals surface area (Å²) in [6, 6.07) is 4.56. The molecule has 5 aliphatic rings. The van der Waals surface area contributed by atoms with Gasteiger partial charge in [-0.3, -0.25) is 19.2 Å². The predicted octanol–water partition coefficient (Wildman–Crippen LogP) is -0.0688. The van der Waals surface area contributed by atoms with Gasteiger partial charge in [-0.15, -0.1) is 0 Å². The summed E-state index contributed by atoms with van der Waals surface area (Å²) in [5, 5.41) is 66.8. The van der Waals surface area contributed by atoms with E-state index in [1.807, 2.05) is 18.2 Å². The van der Waals surface area contributed by atoms with Crippen LogP contribution in [0.15, 0.2) is 30.3 Å². The van der Waals surface area contributed by atoms with Gasteiger partial charge in [0, 0.05) is 25.8 Å². The van der Waals surface area contributed by atoms with Gasteiger partial charge >= 0.3 is 5.97 Å². The van der Waals surface area contributed by atoms with E-state index in [1.54, 1.807) is 18.2 Å². The summed E-state index contributed by atoms with van der Waals surface area (Å²) in [5.74, 6) is -3.10. The second-order valence-electron chi connectivity index (χ2n) is 16.6. The van der Waals surface area contributed by atoms with Crippen LogP contribution in [0.3, 0.4) is 0 Å². The number of carbonyl (C=O) groups excluding carboxylic acids is 3. The highest BCUT2D eigenvalue weighted by atomic mass is 16.8. The molecule has 18 nitrogen and oxygen atoms in total. The fourth-order valence-corrected chi connectivity index (χ4v) is 9.21. The molecule has 1 aromatic rings. The third kappa shape index (κ3) is 9.45. The van der Waals surface area contributed by atoms with E-state index in [2.05, 4.69) is 24.5 Å². The molecule has 0 aromatic heterocycles. The van der Waals surface area contributed by atoms with Crippen LogP contribution in [-0.2, 0) is 49.5 Å². The third-order valence-corrected chi connectivity index (χ3v) is 12.3. The van der Waals surface area contributed by atoms with Gasteiger partial charge < -0.3 is 65.0 Å². The molecule has 336 valence electrons. The minimum absolute atomic E-state index is 0.00254. The minimum Gasteiger partial charge on any atom is -0.458 e. The Hall–Kier alpha value is -3.11. The Morgan fingerprint density at radius 1 is 1.00 bits per heavy atom. The molecule has 0 spiro atoms. The Kier molecular flexibility index (Phi) is 15.8. The first-order valence-corrected chi connectivity index (χ1v) is 21.4. The van der Waals surface area contributed by atoms with Gasteiger partial charge in [-0.05, 0) is 30.9 Å². The van der Waals surface area contributed by atoms with Crippen molar-refractivity contribution >= 4 is 23.9 Å².